The molecule has 0 amide bonds. The maximum Gasteiger partial charge on any atom is 0.308 e. The Morgan fingerprint density at radius 2 is 1.37 bits per heavy atom. The molecule has 5 rings (SSSR count). The Balaban J connectivity index is 1.68. The highest BCUT2D eigenvalue weighted by Crippen LogP contribution is 2.52. The van der Waals surface area contributed by atoms with Crippen LogP contribution in [-0.4, -0.2) is 45.5 Å². The number of phenolic OH excluding ortho intramolecular Hbond substituents is 2. The van der Waals surface area contributed by atoms with Crippen molar-refractivity contribution in [1.82, 2.24) is 4.90 Å². The van der Waals surface area contributed by atoms with Gasteiger partial charge in [0.05, 0.1) is 0 Å². The summed E-state index contributed by atoms with van der Waals surface area (Å²) < 4.78 is 21.9. The van der Waals surface area contributed by atoms with E-state index in [-0.39, 0.29) is 40.5 Å². The maximum absolute atomic E-state index is 12.2. The zero-order chi connectivity index (χ0) is 31.0. The number of rotatable bonds is 6. The van der Waals surface area contributed by atoms with Crippen molar-refractivity contribution in [2.24, 2.45) is 0 Å². The first-order chi connectivity index (χ1) is 20.4. The molecule has 2 N–H and O–H groups in total. The average Bonchev–Trinajstić information content (AvgIpc) is 2.91. The fourth-order valence-corrected chi connectivity index (χ4v) is 5.96. The molecule has 0 saturated heterocycles. The third-order valence-electron chi connectivity index (χ3n) is 7.48. The predicted molar refractivity (Wildman–Crippen MR) is 151 cm³/mol. The van der Waals surface area contributed by atoms with Gasteiger partial charge in [-0.15, -0.1) is 0 Å². The molecule has 0 unspecified atom stereocenters. The number of benzene rings is 3. The Bertz CT molecular complexity index is 1650. The highest BCUT2D eigenvalue weighted by Gasteiger charge is 2.42. The molecule has 0 bridgehead atoms. The molecule has 3 aromatic rings. The van der Waals surface area contributed by atoms with E-state index in [0.717, 1.165) is 16.7 Å². The van der Waals surface area contributed by atoms with E-state index in [1.807, 2.05) is 6.07 Å². The summed E-state index contributed by atoms with van der Waals surface area (Å²) in [6.45, 7) is 5.61. The zero-order valence-corrected chi connectivity index (χ0v) is 24.1. The summed E-state index contributed by atoms with van der Waals surface area (Å²) >= 11 is 0. The van der Waals surface area contributed by atoms with Gasteiger partial charge >= 0.3 is 23.9 Å². The zero-order valence-electron chi connectivity index (χ0n) is 24.1. The molecule has 3 aromatic carbocycles. The van der Waals surface area contributed by atoms with E-state index in [0.29, 0.717) is 36.9 Å². The Hall–Kier alpha value is -4.90. The third-order valence-corrected chi connectivity index (χ3v) is 7.48. The number of carbonyl (C=O) groups excluding carboxylic acids is 4. The first-order valence-corrected chi connectivity index (χ1v) is 13.7. The van der Waals surface area contributed by atoms with Crippen molar-refractivity contribution in [2.75, 3.05) is 6.54 Å². The number of esters is 4. The van der Waals surface area contributed by atoms with Gasteiger partial charge in [-0.25, -0.2) is 0 Å². The molecule has 11 heteroatoms. The van der Waals surface area contributed by atoms with Gasteiger partial charge in [-0.3, -0.25) is 24.1 Å². The van der Waals surface area contributed by atoms with Gasteiger partial charge in [0.25, 0.3) is 0 Å². The summed E-state index contributed by atoms with van der Waals surface area (Å²) in [5, 5.41) is 20.1. The maximum atomic E-state index is 12.2. The van der Waals surface area contributed by atoms with Gasteiger partial charge in [0.2, 0.25) is 0 Å². The standard InChI is InChI=1S/C32H31NO10/c1-16(34)40-28-8-6-22-13-24-23-15-30(42-18(3)36)29(41-17(2)35)14-21(23)9-10-33(24)25(31(22)32(28)43-19(4)37)11-20-5-7-26(38)27(39)12-20/h5-8,12,14-15,24-25,38-39H,9-11,13H2,1-4H3/t24-,25+/m1/s1. The smallest absolute Gasteiger partial charge is 0.308 e. The second-order valence-corrected chi connectivity index (χ2v) is 10.6. The normalized spacial score (nSPS) is 17.1. The van der Waals surface area contributed by atoms with Crippen LogP contribution in [0.3, 0.4) is 0 Å². The van der Waals surface area contributed by atoms with E-state index in [1.165, 1.54) is 39.8 Å². The van der Waals surface area contributed by atoms with Crippen LogP contribution in [0.5, 0.6) is 34.5 Å². The van der Waals surface area contributed by atoms with Crippen LogP contribution in [0.2, 0.25) is 0 Å². The lowest BCUT2D eigenvalue weighted by atomic mass is 9.78. The fourth-order valence-electron chi connectivity index (χ4n) is 5.96. The van der Waals surface area contributed by atoms with Gasteiger partial charge in [0.1, 0.15) is 0 Å². The third kappa shape index (κ3) is 6.17. The van der Waals surface area contributed by atoms with Crippen LogP contribution in [0.1, 0.15) is 67.6 Å². The number of hydrogen-bond acceptors (Lipinski definition) is 11. The fraction of sp³-hybridized carbons (Fsp3) is 0.312. The predicted octanol–water partition coefficient (Wildman–Crippen LogP) is 4.24. The van der Waals surface area contributed by atoms with Crippen molar-refractivity contribution in [3.05, 3.63) is 70.3 Å². The van der Waals surface area contributed by atoms with Crippen LogP contribution >= 0.6 is 0 Å². The second kappa shape index (κ2) is 11.8. The molecule has 0 aromatic heterocycles. The summed E-state index contributed by atoms with van der Waals surface area (Å²) in [5.41, 5.74) is 4.01. The van der Waals surface area contributed by atoms with Crippen molar-refractivity contribution >= 4 is 23.9 Å². The van der Waals surface area contributed by atoms with E-state index in [9.17, 15) is 29.4 Å². The monoisotopic (exact) mass is 589 g/mol. The van der Waals surface area contributed by atoms with Gasteiger partial charge in [0, 0.05) is 51.9 Å². The van der Waals surface area contributed by atoms with Crippen LogP contribution in [-0.2, 0) is 38.4 Å². The topological polar surface area (TPSA) is 149 Å². The summed E-state index contributed by atoms with van der Waals surface area (Å²) in [4.78, 5) is 50.1. The molecule has 43 heavy (non-hydrogen) atoms. The highest BCUT2D eigenvalue weighted by atomic mass is 16.6. The number of phenols is 2. The lowest BCUT2D eigenvalue weighted by Crippen LogP contribution is -2.43. The Labute approximate surface area is 247 Å². The van der Waals surface area contributed by atoms with Gasteiger partial charge in [-0.05, 0) is 71.8 Å². The molecular weight excluding hydrogens is 558 g/mol. The molecule has 2 atom stereocenters. The van der Waals surface area contributed by atoms with Gasteiger partial charge < -0.3 is 29.2 Å². The van der Waals surface area contributed by atoms with Gasteiger partial charge in [-0.1, -0.05) is 12.1 Å². The SMILES string of the molecule is CC(=O)Oc1cc2c(cc1OC(C)=O)[C@H]1Cc3ccc(OC(C)=O)c(OC(C)=O)c3[C@H](Cc3ccc(O)c(O)c3)N1CC2. The van der Waals surface area contributed by atoms with E-state index >= 15 is 0 Å². The summed E-state index contributed by atoms with van der Waals surface area (Å²) in [6, 6.07) is 10.8. The van der Waals surface area contributed by atoms with Crippen LogP contribution in [0, 0.1) is 0 Å². The van der Waals surface area contributed by atoms with Crippen molar-refractivity contribution in [3.8, 4) is 34.5 Å². The molecule has 2 aliphatic heterocycles. The lowest BCUT2D eigenvalue weighted by molar-refractivity contribution is -0.134. The molecular formula is C32H31NO10. The molecule has 2 aliphatic rings. The van der Waals surface area contributed by atoms with Crippen LogP contribution in [0.25, 0.3) is 0 Å². The lowest BCUT2D eigenvalue weighted by Gasteiger charge is -2.47. The number of ether oxygens (including phenoxy) is 4. The summed E-state index contributed by atoms with van der Waals surface area (Å²) in [5.74, 6) is -2.26. The van der Waals surface area contributed by atoms with Crippen molar-refractivity contribution in [2.45, 2.75) is 59.0 Å². The molecule has 0 radical (unpaired) electrons. The molecule has 224 valence electrons. The Kier molecular flexibility index (Phi) is 8.10. The van der Waals surface area contributed by atoms with Gasteiger partial charge in [0.15, 0.2) is 34.5 Å². The van der Waals surface area contributed by atoms with Crippen molar-refractivity contribution in [1.29, 1.82) is 0 Å². The number of hydrogen-bond donors (Lipinski definition) is 2. The molecule has 11 nitrogen and oxygen atoms in total. The molecule has 0 saturated carbocycles. The van der Waals surface area contributed by atoms with E-state index in [2.05, 4.69) is 4.90 Å². The van der Waals surface area contributed by atoms with E-state index in [4.69, 9.17) is 18.9 Å². The number of nitrogens with zero attached hydrogens (tertiary/aromatic N) is 1. The minimum Gasteiger partial charge on any atom is -0.504 e. The average molecular weight is 590 g/mol. The van der Waals surface area contributed by atoms with Crippen LogP contribution < -0.4 is 18.9 Å². The highest BCUT2D eigenvalue weighted by molar-refractivity contribution is 5.76. The summed E-state index contributed by atoms with van der Waals surface area (Å²) in [6.07, 6.45) is 1.37. The van der Waals surface area contributed by atoms with Gasteiger partial charge in [-0.2, -0.15) is 0 Å². The summed E-state index contributed by atoms with van der Waals surface area (Å²) in [7, 11) is 0. The molecule has 2 heterocycles. The number of carbonyl (C=O) groups is 4. The molecule has 0 aliphatic carbocycles. The van der Waals surface area contributed by atoms with Crippen LogP contribution in [0.4, 0.5) is 0 Å². The largest absolute Gasteiger partial charge is 0.504 e. The molecule has 0 spiro atoms. The Morgan fingerprint density at radius 1 is 0.744 bits per heavy atom. The number of fused-ring (bicyclic) bond motifs is 4. The Morgan fingerprint density at radius 3 is 2.00 bits per heavy atom. The van der Waals surface area contributed by atoms with E-state index < -0.39 is 29.9 Å². The van der Waals surface area contributed by atoms with Crippen molar-refractivity contribution < 1.29 is 48.3 Å². The minimum atomic E-state index is -0.585. The minimum absolute atomic E-state index is 0.110. The first kappa shape index (κ1) is 29.6. The van der Waals surface area contributed by atoms with Crippen molar-refractivity contribution in [3.63, 3.8) is 0 Å². The molecule has 0 fully saturated rings. The quantitative estimate of drug-likeness (QED) is 0.242. The first-order valence-electron chi connectivity index (χ1n) is 13.7. The van der Waals surface area contributed by atoms with Crippen LogP contribution in [0.15, 0.2) is 42.5 Å². The number of aromatic hydroxyl groups is 2. The second-order valence-electron chi connectivity index (χ2n) is 10.6. The van der Waals surface area contributed by atoms with E-state index in [1.54, 1.807) is 24.3 Å².